The molecule has 0 spiro atoms. The van der Waals surface area contributed by atoms with Crippen LogP contribution >= 0.6 is 0 Å². The fourth-order valence-electron chi connectivity index (χ4n) is 4.22. The molecule has 3 heterocycles. The van der Waals surface area contributed by atoms with Crippen LogP contribution < -0.4 is 10.2 Å². The number of anilines is 2. The number of halogens is 3. The van der Waals surface area contributed by atoms with Crippen LogP contribution in [0.25, 0.3) is 0 Å². The number of benzene rings is 1. The van der Waals surface area contributed by atoms with Crippen LogP contribution in [0.4, 0.5) is 24.5 Å². The first-order valence-electron chi connectivity index (χ1n) is 10.7. The van der Waals surface area contributed by atoms with Crippen molar-refractivity contribution in [1.82, 2.24) is 9.88 Å². The quantitative estimate of drug-likeness (QED) is 0.759. The van der Waals surface area contributed by atoms with Gasteiger partial charge in [-0.2, -0.15) is 13.2 Å². The number of carbonyl (C=O) groups is 2. The Morgan fingerprint density at radius 2 is 1.75 bits per heavy atom. The number of aromatic nitrogens is 1. The highest BCUT2D eigenvalue weighted by molar-refractivity contribution is 5.94. The minimum absolute atomic E-state index is 0.0191. The molecule has 0 bridgehead atoms. The van der Waals surface area contributed by atoms with E-state index in [1.54, 1.807) is 12.4 Å². The smallest absolute Gasteiger partial charge is 0.369 e. The van der Waals surface area contributed by atoms with Crippen LogP contribution in [0.2, 0.25) is 0 Å². The van der Waals surface area contributed by atoms with Gasteiger partial charge < -0.3 is 15.1 Å². The van der Waals surface area contributed by atoms with E-state index in [9.17, 15) is 22.8 Å². The molecule has 0 unspecified atom stereocenters. The Bertz CT molecular complexity index is 936. The van der Waals surface area contributed by atoms with Gasteiger partial charge in [-0.25, -0.2) is 0 Å². The van der Waals surface area contributed by atoms with Gasteiger partial charge >= 0.3 is 6.18 Å². The van der Waals surface area contributed by atoms with Crippen molar-refractivity contribution in [3.63, 3.8) is 0 Å². The summed E-state index contributed by atoms with van der Waals surface area (Å²) in [5.41, 5.74) is 2.79. The minimum atomic E-state index is -4.47. The summed E-state index contributed by atoms with van der Waals surface area (Å²) >= 11 is 0. The summed E-state index contributed by atoms with van der Waals surface area (Å²) in [6.45, 7) is 1.96. The van der Waals surface area contributed by atoms with Crippen molar-refractivity contribution in [2.75, 3.05) is 36.4 Å². The van der Waals surface area contributed by atoms with Crippen LogP contribution in [0.15, 0.2) is 48.8 Å². The van der Waals surface area contributed by atoms with Crippen molar-refractivity contribution in [1.29, 1.82) is 0 Å². The Hall–Kier alpha value is -3.10. The first-order valence-corrected chi connectivity index (χ1v) is 10.7. The number of rotatable bonds is 5. The molecular formula is C23H25F3N4O2. The first-order chi connectivity index (χ1) is 15.3. The summed E-state index contributed by atoms with van der Waals surface area (Å²) < 4.78 is 37.3. The van der Waals surface area contributed by atoms with Crippen LogP contribution in [0, 0.1) is 5.92 Å². The van der Waals surface area contributed by atoms with Gasteiger partial charge in [-0.3, -0.25) is 14.6 Å². The highest BCUT2D eigenvalue weighted by Crippen LogP contribution is 2.31. The molecule has 1 N–H and O–H groups in total. The van der Waals surface area contributed by atoms with E-state index in [1.807, 2.05) is 36.4 Å². The Labute approximate surface area is 184 Å². The van der Waals surface area contributed by atoms with Gasteiger partial charge in [0.15, 0.2) is 0 Å². The Kier molecular flexibility index (Phi) is 6.34. The number of nitrogens with one attached hydrogen (secondary N) is 1. The maximum absolute atomic E-state index is 12.5. The predicted molar refractivity (Wildman–Crippen MR) is 114 cm³/mol. The number of hydrogen-bond acceptors (Lipinski definition) is 4. The zero-order valence-electron chi connectivity index (χ0n) is 17.5. The van der Waals surface area contributed by atoms with Crippen molar-refractivity contribution >= 4 is 23.2 Å². The molecule has 2 fully saturated rings. The van der Waals surface area contributed by atoms with Crippen molar-refractivity contribution in [3.8, 4) is 0 Å². The van der Waals surface area contributed by atoms with E-state index < -0.39 is 18.5 Å². The maximum atomic E-state index is 12.5. The van der Waals surface area contributed by atoms with Crippen LogP contribution in [0.3, 0.4) is 0 Å². The molecule has 1 aromatic heterocycles. The van der Waals surface area contributed by atoms with E-state index in [-0.39, 0.29) is 17.7 Å². The standard InChI is InChI=1S/C23H25F3N4O2/c24-23(25,26)12-21(31)29-10-7-17(8-11-29)16-3-5-19(6-4-16)28-22(32)18-14-30(15-18)20-2-1-9-27-13-20/h1-6,9,13,17-18H,7-8,10-12,14-15H2,(H,28,32). The molecule has 2 aliphatic rings. The lowest BCUT2D eigenvalue weighted by atomic mass is 9.89. The monoisotopic (exact) mass is 446 g/mol. The van der Waals surface area contributed by atoms with E-state index in [4.69, 9.17) is 0 Å². The average molecular weight is 446 g/mol. The number of piperidine rings is 1. The molecule has 2 aliphatic heterocycles. The second-order valence-corrected chi connectivity index (χ2v) is 8.37. The zero-order chi connectivity index (χ0) is 22.7. The second kappa shape index (κ2) is 9.18. The third-order valence-electron chi connectivity index (χ3n) is 6.11. The number of pyridine rings is 1. The SMILES string of the molecule is O=C(Nc1ccc(C2CCN(C(=O)CC(F)(F)F)CC2)cc1)C1CN(c2cccnc2)C1. The van der Waals surface area contributed by atoms with Crippen LogP contribution in [0.5, 0.6) is 0 Å². The highest BCUT2D eigenvalue weighted by atomic mass is 19.4. The van der Waals surface area contributed by atoms with Crippen LogP contribution in [-0.2, 0) is 9.59 Å². The summed E-state index contributed by atoms with van der Waals surface area (Å²) in [7, 11) is 0. The molecule has 0 aliphatic carbocycles. The molecule has 32 heavy (non-hydrogen) atoms. The first kappa shape index (κ1) is 22.1. The van der Waals surface area contributed by atoms with Gasteiger partial charge in [0.1, 0.15) is 6.42 Å². The normalized spacial score (nSPS) is 17.7. The van der Waals surface area contributed by atoms with Crippen molar-refractivity contribution < 1.29 is 22.8 Å². The van der Waals surface area contributed by atoms with Crippen molar-refractivity contribution in [2.24, 2.45) is 5.92 Å². The Morgan fingerprint density at radius 3 is 2.34 bits per heavy atom. The number of alkyl halides is 3. The van der Waals surface area contributed by atoms with E-state index in [0.717, 1.165) is 16.9 Å². The van der Waals surface area contributed by atoms with Gasteiger partial charge in [-0.05, 0) is 48.6 Å². The molecule has 170 valence electrons. The van der Waals surface area contributed by atoms with Gasteiger partial charge in [0.25, 0.3) is 0 Å². The largest absolute Gasteiger partial charge is 0.397 e. The number of nitrogens with zero attached hydrogens (tertiary/aromatic N) is 3. The van der Waals surface area contributed by atoms with Crippen LogP contribution in [0.1, 0.15) is 30.7 Å². The molecular weight excluding hydrogens is 421 g/mol. The predicted octanol–water partition coefficient (Wildman–Crippen LogP) is 3.81. The lowest BCUT2D eigenvalue weighted by molar-refractivity contribution is -0.162. The zero-order valence-corrected chi connectivity index (χ0v) is 17.5. The van der Waals surface area contributed by atoms with Crippen LogP contribution in [-0.4, -0.2) is 54.1 Å². The number of likely N-dealkylation sites (tertiary alicyclic amines) is 1. The molecule has 0 radical (unpaired) electrons. The summed E-state index contributed by atoms with van der Waals surface area (Å²) in [6, 6.07) is 11.4. The molecule has 2 aromatic rings. The van der Waals surface area contributed by atoms with Gasteiger partial charge in [0, 0.05) is 38.1 Å². The van der Waals surface area contributed by atoms with E-state index >= 15 is 0 Å². The second-order valence-electron chi connectivity index (χ2n) is 8.37. The summed E-state index contributed by atoms with van der Waals surface area (Å²) in [4.78, 5) is 31.7. The van der Waals surface area contributed by atoms with E-state index in [2.05, 4.69) is 15.2 Å². The number of hydrogen-bond donors (Lipinski definition) is 1. The Morgan fingerprint density at radius 1 is 1.06 bits per heavy atom. The lowest BCUT2D eigenvalue weighted by Gasteiger charge is -2.39. The number of amides is 2. The molecule has 2 saturated heterocycles. The molecule has 6 nitrogen and oxygen atoms in total. The molecule has 1 aromatic carbocycles. The van der Waals surface area contributed by atoms with Crippen molar-refractivity contribution in [3.05, 3.63) is 54.4 Å². The summed E-state index contributed by atoms with van der Waals surface area (Å²) in [5, 5.41) is 2.95. The highest BCUT2D eigenvalue weighted by Gasteiger charge is 2.35. The number of carbonyl (C=O) groups excluding carboxylic acids is 2. The minimum Gasteiger partial charge on any atom is -0.369 e. The van der Waals surface area contributed by atoms with Gasteiger partial charge in [-0.15, -0.1) is 0 Å². The fraction of sp³-hybridized carbons (Fsp3) is 0.435. The van der Waals surface area contributed by atoms with E-state index in [0.29, 0.717) is 39.0 Å². The summed E-state index contributed by atoms with van der Waals surface area (Å²) in [5.74, 6) is -0.760. The fourth-order valence-corrected chi connectivity index (χ4v) is 4.22. The molecule has 4 rings (SSSR count). The molecule has 2 amide bonds. The molecule has 9 heteroatoms. The summed E-state index contributed by atoms with van der Waals surface area (Å²) in [6.07, 6.45) is -1.11. The topological polar surface area (TPSA) is 65.5 Å². The average Bonchev–Trinajstić information content (AvgIpc) is 2.73. The molecule has 0 atom stereocenters. The van der Waals surface area contributed by atoms with Crippen molar-refractivity contribution in [2.45, 2.75) is 31.4 Å². The van der Waals surface area contributed by atoms with Gasteiger partial charge in [-0.1, -0.05) is 12.1 Å². The van der Waals surface area contributed by atoms with Gasteiger partial charge in [0.2, 0.25) is 11.8 Å². The molecule has 0 saturated carbocycles. The third kappa shape index (κ3) is 5.38. The van der Waals surface area contributed by atoms with Gasteiger partial charge in [0.05, 0.1) is 17.8 Å². The maximum Gasteiger partial charge on any atom is 0.397 e. The third-order valence-corrected chi connectivity index (χ3v) is 6.11. The van der Waals surface area contributed by atoms with E-state index in [1.165, 1.54) is 4.90 Å². The Balaban J connectivity index is 1.24. The lowest BCUT2D eigenvalue weighted by Crippen LogP contribution is -2.52.